The quantitative estimate of drug-likeness (QED) is 0.765. The number of halogens is 1. The van der Waals surface area contributed by atoms with Crippen LogP contribution >= 0.6 is 15.9 Å². The Morgan fingerprint density at radius 3 is 2.64 bits per heavy atom. The highest BCUT2D eigenvalue weighted by molar-refractivity contribution is 9.10. The number of fused-ring (bicyclic) bond motifs is 1. The molecule has 1 aromatic carbocycles. The van der Waals surface area contributed by atoms with Gasteiger partial charge >= 0.3 is 0 Å². The molecule has 4 nitrogen and oxygen atoms in total. The van der Waals surface area contributed by atoms with Crippen molar-refractivity contribution in [3.8, 4) is 17.0 Å². The van der Waals surface area contributed by atoms with Crippen molar-refractivity contribution in [3.05, 3.63) is 52.3 Å². The van der Waals surface area contributed by atoms with Gasteiger partial charge in [0.05, 0.1) is 29.1 Å². The molecule has 0 fully saturated rings. The van der Waals surface area contributed by atoms with Crippen molar-refractivity contribution in [2.24, 2.45) is 0 Å². The largest absolute Gasteiger partial charge is 0.494 e. The van der Waals surface area contributed by atoms with Gasteiger partial charge in [0.2, 0.25) is 0 Å². The Morgan fingerprint density at radius 2 is 2.00 bits per heavy atom. The number of hydrogen-bond donors (Lipinski definition) is 1. The number of rotatable bonds is 4. The van der Waals surface area contributed by atoms with Gasteiger partial charge in [-0.1, -0.05) is 0 Å². The lowest BCUT2D eigenvalue weighted by Gasteiger charge is -2.05. The number of imidazole rings is 1. The number of pyridine rings is 1. The summed E-state index contributed by atoms with van der Waals surface area (Å²) in [6.45, 7) is 4.54. The minimum absolute atomic E-state index is 0.0698. The van der Waals surface area contributed by atoms with Crippen molar-refractivity contribution in [1.29, 1.82) is 0 Å². The Kier molecular flexibility index (Phi) is 4.18. The lowest BCUT2D eigenvalue weighted by atomic mass is 10.1. The summed E-state index contributed by atoms with van der Waals surface area (Å²) in [6.07, 6.45) is 1.98. The third-order valence-corrected chi connectivity index (χ3v) is 4.08. The summed E-state index contributed by atoms with van der Waals surface area (Å²) in [5, 5.41) is 9.79. The van der Waals surface area contributed by atoms with Crippen molar-refractivity contribution in [2.75, 3.05) is 6.61 Å². The van der Waals surface area contributed by atoms with E-state index in [0.29, 0.717) is 6.61 Å². The van der Waals surface area contributed by atoms with Crippen LogP contribution in [0.3, 0.4) is 0 Å². The zero-order valence-corrected chi connectivity index (χ0v) is 14.1. The average molecular weight is 361 g/mol. The van der Waals surface area contributed by atoms with Gasteiger partial charge in [-0.05, 0) is 65.7 Å². The van der Waals surface area contributed by atoms with Crippen LogP contribution in [0.4, 0.5) is 0 Å². The van der Waals surface area contributed by atoms with Crippen LogP contribution in [-0.2, 0) is 6.61 Å². The molecule has 114 valence electrons. The highest BCUT2D eigenvalue weighted by Crippen LogP contribution is 2.29. The maximum Gasteiger partial charge on any atom is 0.152 e. The summed E-state index contributed by atoms with van der Waals surface area (Å²) in [5.41, 5.74) is 4.43. The Labute approximate surface area is 137 Å². The van der Waals surface area contributed by atoms with Gasteiger partial charge in [0.1, 0.15) is 5.75 Å². The van der Waals surface area contributed by atoms with E-state index in [1.54, 1.807) is 0 Å². The van der Waals surface area contributed by atoms with Gasteiger partial charge in [-0.2, -0.15) is 0 Å². The smallest absolute Gasteiger partial charge is 0.152 e. The first-order valence-corrected chi connectivity index (χ1v) is 7.94. The van der Waals surface area contributed by atoms with E-state index < -0.39 is 0 Å². The van der Waals surface area contributed by atoms with Gasteiger partial charge in [0.25, 0.3) is 0 Å². The normalized spacial score (nSPS) is 11.1. The molecule has 3 aromatic rings. The Morgan fingerprint density at radius 1 is 1.27 bits per heavy atom. The van der Waals surface area contributed by atoms with Crippen LogP contribution in [0.2, 0.25) is 0 Å². The molecule has 0 amide bonds. The first-order chi connectivity index (χ1) is 10.6. The van der Waals surface area contributed by atoms with Crippen molar-refractivity contribution in [3.63, 3.8) is 0 Å². The summed E-state index contributed by atoms with van der Waals surface area (Å²) in [6, 6.07) is 9.79. The van der Waals surface area contributed by atoms with E-state index >= 15 is 0 Å². The first kappa shape index (κ1) is 15.1. The van der Waals surface area contributed by atoms with Crippen molar-refractivity contribution in [1.82, 2.24) is 9.38 Å². The lowest BCUT2D eigenvalue weighted by molar-refractivity contribution is 0.276. The predicted molar refractivity (Wildman–Crippen MR) is 90.2 cm³/mol. The maximum absolute atomic E-state index is 9.79. The van der Waals surface area contributed by atoms with Gasteiger partial charge in [-0.25, -0.2) is 4.98 Å². The Hall–Kier alpha value is -1.85. The zero-order valence-electron chi connectivity index (χ0n) is 12.5. The van der Waals surface area contributed by atoms with Gasteiger partial charge < -0.3 is 9.84 Å². The van der Waals surface area contributed by atoms with Gasteiger partial charge in [-0.3, -0.25) is 4.40 Å². The molecule has 0 bridgehead atoms. The van der Waals surface area contributed by atoms with Crippen LogP contribution in [0.1, 0.15) is 18.2 Å². The molecule has 0 radical (unpaired) electrons. The predicted octanol–water partition coefficient (Wildman–Crippen LogP) is 3.96. The average Bonchev–Trinajstić information content (AvgIpc) is 2.87. The zero-order chi connectivity index (χ0) is 15.7. The van der Waals surface area contributed by atoms with E-state index in [4.69, 9.17) is 4.74 Å². The minimum Gasteiger partial charge on any atom is -0.494 e. The van der Waals surface area contributed by atoms with E-state index in [2.05, 4.69) is 20.9 Å². The van der Waals surface area contributed by atoms with E-state index in [9.17, 15) is 5.11 Å². The topological polar surface area (TPSA) is 46.8 Å². The number of aliphatic hydroxyl groups is 1. The third kappa shape index (κ3) is 2.62. The summed E-state index contributed by atoms with van der Waals surface area (Å²) in [5.74, 6) is 0.831. The number of benzene rings is 1. The van der Waals surface area contributed by atoms with Crippen molar-refractivity contribution in [2.45, 2.75) is 20.5 Å². The van der Waals surface area contributed by atoms with Gasteiger partial charge in [0, 0.05) is 11.8 Å². The number of aliphatic hydroxyl groups excluding tert-OH is 1. The molecule has 0 saturated heterocycles. The summed E-state index contributed by atoms with van der Waals surface area (Å²) in [4.78, 5) is 4.69. The standard InChI is InChI=1S/C17H17BrN2O2/c1-3-22-13-6-4-12(5-7-13)16-15(10-21)20-9-11(2)8-14(18)17(20)19-16/h4-9,21H,3,10H2,1-2H3. The molecular weight excluding hydrogens is 344 g/mol. The van der Waals surface area contributed by atoms with Crippen LogP contribution in [0.25, 0.3) is 16.9 Å². The minimum atomic E-state index is -0.0698. The summed E-state index contributed by atoms with van der Waals surface area (Å²) >= 11 is 3.54. The molecule has 5 heteroatoms. The van der Waals surface area contributed by atoms with Crippen molar-refractivity contribution >= 4 is 21.6 Å². The van der Waals surface area contributed by atoms with Crippen molar-refractivity contribution < 1.29 is 9.84 Å². The van der Waals surface area contributed by atoms with Gasteiger partial charge in [-0.15, -0.1) is 0 Å². The number of aryl methyl sites for hydroxylation is 1. The third-order valence-electron chi connectivity index (χ3n) is 3.50. The van der Waals surface area contributed by atoms with Crippen LogP contribution in [0.15, 0.2) is 41.0 Å². The molecule has 3 rings (SSSR count). The Balaban J connectivity index is 2.15. The number of nitrogens with zero attached hydrogens (tertiary/aromatic N) is 2. The molecule has 2 heterocycles. The SMILES string of the molecule is CCOc1ccc(-c2nc3c(Br)cc(C)cn3c2CO)cc1. The van der Waals surface area contributed by atoms with Crippen LogP contribution in [-0.4, -0.2) is 21.1 Å². The fraction of sp³-hybridized carbons (Fsp3) is 0.235. The van der Waals surface area contributed by atoms with E-state index in [-0.39, 0.29) is 6.61 Å². The van der Waals surface area contributed by atoms with E-state index in [0.717, 1.165) is 38.4 Å². The molecule has 0 aliphatic rings. The first-order valence-electron chi connectivity index (χ1n) is 7.15. The molecular formula is C17H17BrN2O2. The Bertz CT molecular complexity index is 810. The molecule has 2 aromatic heterocycles. The second-order valence-corrected chi connectivity index (χ2v) is 5.94. The second kappa shape index (κ2) is 6.10. The number of ether oxygens (including phenoxy) is 1. The fourth-order valence-corrected chi connectivity index (χ4v) is 3.18. The highest BCUT2D eigenvalue weighted by Gasteiger charge is 2.15. The molecule has 0 aliphatic carbocycles. The van der Waals surface area contributed by atoms with Crippen LogP contribution in [0.5, 0.6) is 5.75 Å². The monoisotopic (exact) mass is 360 g/mol. The number of hydrogen-bond acceptors (Lipinski definition) is 3. The fourth-order valence-electron chi connectivity index (χ4n) is 2.54. The molecule has 22 heavy (non-hydrogen) atoms. The van der Waals surface area contributed by atoms with E-state index in [1.807, 2.05) is 54.8 Å². The summed E-state index contributed by atoms with van der Waals surface area (Å²) in [7, 11) is 0. The lowest BCUT2D eigenvalue weighted by Crippen LogP contribution is -1.95. The summed E-state index contributed by atoms with van der Waals surface area (Å²) < 4.78 is 8.32. The van der Waals surface area contributed by atoms with E-state index in [1.165, 1.54) is 0 Å². The maximum atomic E-state index is 9.79. The molecule has 0 unspecified atom stereocenters. The molecule has 0 aliphatic heterocycles. The molecule has 0 spiro atoms. The molecule has 0 atom stereocenters. The second-order valence-electron chi connectivity index (χ2n) is 5.08. The molecule has 1 N–H and O–H groups in total. The molecule has 0 saturated carbocycles. The number of aromatic nitrogens is 2. The van der Waals surface area contributed by atoms with Crippen LogP contribution in [0, 0.1) is 6.92 Å². The highest BCUT2D eigenvalue weighted by atomic mass is 79.9. The van der Waals surface area contributed by atoms with Crippen LogP contribution < -0.4 is 4.74 Å². The van der Waals surface area contributed by atoms with Gasteiger partial charge in [0.15, 0.2) is 5.65 Å².